The predicted octanol–water partition coefficient (Wildman–Crippen LogP) is 6.69. The third-order valence-electron chi connectivity index (χ3n) is 6.03. The molecule has 1 unspecified atom stereocenters. The second-order valence-electron chi connectivity index (χ2n) is 9.70. The maximum Gasteiger partial charge on any atom is 0.319 e. The van der Waals surface area contributed by atoms with Crippen LogP contribution in [-0.4, -0.2) is 32.6 Å². The van der Waals surface area contributed by atoms with Crippen LogP contribution >= 0.6 is 0 Å². The molecule has 0 radical (unpaired) electrons. The van der Waals surface area contributed by atoms with E-state index in [1.807, 2.05) is 30.3 Å². The number of Topliss-reactive ketones (excluding diaryl/α,β-unsaturated/α-hetero) is 1. The van der Waals surface area contributed by atoms with Gasteiger partial charge in [0.1, 0.15) is 11.5 Å². The molecule has 2 aromatic carbocycles. The lowest BCUT2D eigenvalue weighted by atomic mass is 9.85. The molecule has 2 rings (SSSR count). The summed E-state index contributed by atoms with van der Waals surface area (Å²) in [4.78, 5) is 24.8. The molecule has 6 nitrogen and oxygen atoms in total. The first-order valence-corrected chi connectivity index (χ1v) is 12.0. The van der Waals surface area contributed by atoms with Crippen LogP contribution < -0.4 is 20.1 Å². The van der Waals surface area contributed by atoms with Crippen molar-refractivity contribution in [1.82, 2.24) is 5.32 Å². The highest BCUT2D eigenvalue weighted by Gasteiger charge is 2.22. The fraction of sp³-hybridized carbons (Fsp3) is 0.500. The van der Waals surface area contributed by atoms with Gasteiger partial charge in [-0.1, -0.05) is 65.2 Å². The quantitative estimate of drug-likeness (QED) is 0.284. The monoisotopic (exact) mass is 468 g/mol. The molecular weight excluding hydrogens is 428 g/mol. The van der Waals surface area contributed by atoms with Crippen molar-refractivity contribution in [3.05, 3.63) is 53.1 Å². The highest BCUT2D eigenvalue weighted by molar-refractivity contribution is 5.97. The van der Waals surface area contributed by atoms with Crippen LogP contribution in [0.25, 0.3) is 0 Å². The van der Waals surface area contributed by atoms with Crippen LogP contribution in [-0.2, 0) is 5.41 Å². The Labute approximate surface area is 204 Å². The lowest BCUT2D eigenvalue weighted by Crippen LogP contribution is -2.33. The average Bonchev–Trinajstić information content (AvgIpc) is 2.80. The van der Waals surface area contributed by atoms with Gasteiger partial charge in [-0.2, -0.15) is 0 Å². The Bertz CT molecular complexity index is 979. The Balaban J connectivity index is 2.22. The van der Waals surface area contributed by atoms with E-state index in [4.69, 9.17) is 9.47 Å². The summed E-state index contributed by atoms with van der Waals surface area (Å²) >= 11 is 0. The molecule has 0 aliphatic heterocycles. The number of hydrogen-bond donors (Lipinski definition) is 2. The van der Waals surface area contributed by atoms with Gasteiger partial charge in [0.15, 0.2) is 5.78 Å². The Morgan fingerprint density at radius 3 is 2.32 bits per heavy atom. The number of ether oxygens (including phenoxy) is 2. The molecule has 0 saturated carbocycles. The topological polar surface area (TPSA) is 76.7 Å². The fourth-order valence-corrected chi connectivity index (χ4v) is 4.07. The summed E-state index contributed by atoms with van der Waals surface area (Å²) in [7, 11) is 3.28. The molecule has 1 atom stereocenters. The van der Waals surface area contributed by atoms with Crippen LogP contribution in [0.4, 0.5) is 10.5 Å². The highest BCUT2D eigenvalue weighted by Crippen LogP contribution is 2.34. The molecule has 0 aliphatic rings. The lowest BCUT2D eigenvalue weighted by Gasteiger charge is -2.24. The molecule has 0 aromatic heterocycles. The zero-order valence-electron chi connectivity index (χ0n) is 21.7. The van der Waals surface area contributed by atoms with Crippen molar-refractivity contribution in [3.8, 4) is 11.5 Å². The van der Waals surface area contributed by atoms with E-state index in [1.54, 1.807) is 20.3 Å². The lowest BCUT2D eigenvalue weighted by molar-refractivity contribution is 0.101. The van der Waals surface area contributed by atoms with E-state index >= 15 is 0 Å². The van der Waals surface area contributed by atoms with Gasteiger partial charge in [-0.25, -0.2) is 4.79 Å². The molecule has 0 aliphatic carbocycles. The maximum absolute atomic E-state index is 12.9. The fourth-order valence-electron chi connectivity index (χ4n) is 4.07. The van der Waals surface area contributed by atoms with Gasteiger partial charge < -0.3 is 20.1 Å². The van der Waals surface area contributed by atoms with Gasteiger partial charge in [-0.3, -0.25) is 4.79 Å². The molecule has 0 bridgehead atoms. The molecule has 0 saturated heterocycles. The van der Waals surface area contributed by atoms with E-state index in [-0.39, 0.29) is 23.1 Å². The number of nitrogens with one attached hydrogen (secondary N) is 2. The summed E-state index contributed by atoms with van der Waals surface area (Å²) in [5.41, 5.74) is 3.07. The maximum atomic E-state index is 12.9. The van der Waals surface area contributed by atoms with Crippen molar-refractivity contribution < 1.29 is 19.1 Å². The van der Waals surface area contributed by atoms with Crippen molar-refractivity contribution in [2.45, 2.75) is 71.6 Å². The Hall–Kier alpha value is -3.02. The van der Waals surface area contributed by atoms with E-state index in [2.05, 4.69) is 38.3 Å². The number of hydrogen-bond acceptors (Lipinski definition) is 4. The van der Waals surface area contributed by atoms with E-state index in [0.717, 1.165) is 48.3 Å². The number of urea groups is 1. The number of rotatable bonds is 11. The predicted molar refractivity (Wildman–Crippen MR) is 139 cm³/mol. The summed E-state index contributed by atoms with van der Waals surface area (Å²) < 4.78 is 11.0. The number of ketones is 1. The summed E-state index contributed by atoms with van der Waals surface area (Å²) in [6.07, 6.45) is 4.26. The SMILES string of the molecule is CCCCCC(CNC(=O)Nc1cc(C(C)=O)ccc1C(C)(C)C)c1ccc(OC)cc1OC. The second kappa shape index (κ2) is 12.4. The number of unbranched alkanes of at least 4 members (excludes halogenated alkanes) is 2. The van der Waals surface area contributed by atoms with Crippen LogP contribution in [0.5, 0.6) is 11.5 Å². The number of methoxy groups -OCH3 is 2. The van der Waals surface area contributed by atoms with Gasteiger partial charge in [0.25, 0.3) is 0 Å². The zero-order valence-corrected chi connectivity index (χ0v) is 21.7. The van der Waals surface area contributed by atoms with E-state index in [0.29, 0.717) is 17.8 Å². The number of anilines is 1. The normalized spacial score (nSPS) is 12.1. The minimum absolute atomic E-state index is 0.0356. The number of amides is 2. The molecule has 186 valence electrons. The number of carbonyl (C=O) groups is 2. The molecule has 0 spiro atoms. The van der Waals surface area contributed by atoms with Gasteiger partial charge in [-0.15, -0.1) is 0 Å². The Morgan fingerprint density at radius 2 is 1.74 bits per heavy atom. The van der Waals surface area contributed by atoms with E-state index in [9.17, 15) is 9.59 Å². The smallest absolute Gasteiger partial charge is 0.319 e. The van der Waals surface area contributed by atoms with Gasteiger partial charge in [0.2, 0.25) is 0 Å². The molecular formula is C28H40N2O4. The van der Waals surface area contributed by atoms with Crippen LogP contribution in [0.15, 0.2) is 36.4 Å². The third kappa shape index (κ3) is 7.51. The zero-order chi connectivity index (χ0) is 25.3. The van der Waals surface area contributed by atoms with Gasteiger partial charge in [-0.05, 0) is 42.0 Å². The van der Waals surface area contributed by atoms with Gasteiger partial charge in [0.05, 0.1) is 14.2 Å². The summed E-state index contributed by atoms with van der Waals surface area (Å²) in [5, 5.41) is 6.02. The standard InChI is InChI=1S/C28H40N2O4/c1-8-9-10-11-21(23-14-13-22(33-6)17-26(23)34-7)18-29-27(32)30-25-16-20(19(2)31)12-15-24(25)28(3,4)5/h12-17,21H,8-11,18H2,1-7H3,(H2,29,30,32). The number of benzene rings is 2. The minimum atomic E-state index is -0.292. The molecule has 0 heterocycles. The van der Waals surface area contributed by atoms with E-state index < -0.39 is 0 Å². The Morgan fingerprint density at radius 1 is 1.00 bits per heavy atom. The highest BCUT2D eigenvalue weighted by atomic mass is 16.5. The van der Waals surface area contributed by atoms with Crippen LogP contribution in [0.1, 0.15) is 87.7 Å². The molecule has 34 heavy (non-hydrogen) atoms. The van der Waals surface area contributed by atoms with Gasteiger partial charge >= 0.3 is 6.03 Å². The first-order valence-electron chi connectivity index (χ1n) is 12.0. The summed E-state index contributed by atoms with van der Waals surface area (Å²) in [5.74, 6) is 1.56. The molecule has 6 heteroatoms. The number of carbonyl (C=O) groups excluding carboxylic acids is 2. The van der Waals surface area contributed by atoms with E-state index in [1.165, 1.54) is 6.92 Å². The first kappa shape index (κ1) is 27.2. The summed E-state index contributed by atoms with van der Waals surface area (Å²) in [6.45, 7) is 10.4. The second-order valence-corrected chi connectivity index (χ2v) is 9.70. The molecule has 2 aromatic rings. The van der Waals surface area contributed by atoms with Crippen LogP contribution in [0.3, 0.4) is 0 Å². The third-order valence-corrected chi connectivity index (χ3v) is 6.03. The largest absolute Gasteiger partial charge is 0.497 e. The van der Waals surface area contributed by atoms with Crippen molar-refractivity contribution in [3.63, 3.8) is 0 Å². The first-order chi connectivity index (χ1) is 16.1. The average molecular weight is 469 g/mol. The molecule has 0 fully saturated rings. The Kier molecular flexibility index (Phi) is 9.97. The van der Waals surface area contributed by atoms with Crippen LogP contribution in [0, 0.1) is 0 Å². The summed E-state index contributed by atoms with van der Waals surface area (Å²) in [6, 6.07) is 11.0. The minimum Gasteiger partial charge on any atom is -0.497 e. The van der Waals surface area contributed by atoms with Gasteiger partial charge in [0, 0.05) is 29.8 Å². The van der Waals surface area contributed by atoms with Crippen molar-refractivity contribution >= 4 is 17.5 Å². The molecule has 2 N–H and O–H groups in total. The van der Waals surface area contributed by atoms with Crippen molar-refractivity contribution in [2.75, 3.05) is 26.1 Å². The van der Waals surface area contributed by atoms with Crippen molar-refractivity contribution in [2.24, 2.45) is 0 Å². The van der Waals surface area contributed by atoms with Crippen molar-refractivity contribution in [1.29, 1.82) is 0 Å². The molecule has 2 amide bonds. The van der Waals surface area contributed by atoms with Crippen LogP contribution in [0.2, 0.25) is 0 Å².